The van der Waals surface area contributed by atoms with E-state index < -0.39 is 0 Å². The maximum absolute atomic E-state index is 11.9. The van der Waals surface area contributed by atoms with Gasteiger partial charge >= 0.3 is 0 Å². The second-order valence-corrected chi connectivity index (χ2v) is 7.77. The van der Waals surface area contributed by atoms with Crippen molar-refractivity contribution in [3.05, 3.63) is 36.2 Å². The van der Waals surface area contributed by atoms with Crippen LogP contribution in [0, 0.1) is 5.41 Å². The zero-order valence-electron chi connectivity index (χ0n) is 14.5. The molecule has 128 valence electrons. The Balaban J connectivity index is 1.42. The first-order chi connectivity index (χ1) is 12.1. The molecule has 2 aromatic rings. The largest absolute Gasteiger partial charge is 0.354 e. The molecule has 1 aromatic heterocycles. The van der Waals surface area contributed by atoms with E-state index in [1.165, 1.54) is 24.8 Å². The van der Waals surface area contributed by atoms with Gasteiger partial charge in [0.05, 0.1) is 18.1 Å². The van der Waals surface area contributed by atoms with E-state index in [9.17, 15) is 4.79 Å². The van der Waals surface area contributed by atoms with Crippen LogP contribution in [0.1, 0.15) is 31.2 Å². The molecule has 0 radical (unpaired) electrons. The summed E-state index contributed by atoms with van der Waals surface area (Å²) in [5, 5.41) is 0. The molecule has 5 rings (SSSR count). The number of aryl methyl sites for hydroxylation is 1. The molecule has 1 aliphatic carbocycles. The number of fused-ring (bicyclic) bond motifs is 1. The predicted molar refractivity (Wildman–Crippen MR) is 97.7 cm³/mol. The number of benzene rings is 1. The van der Waals surface area contributed by atoms with E-state index >= 15 is 0 Å². The highest BCUT2D eigenvalue weighted by molar-refractivity contribution is 5.96. The highest BCUT2D eigenvalue weighted by atomic mass is 16.2. The van der Waals surface area contributed by atoms with E-state index in [2.05, 4.69) is 16.0 Å². The third-order valence-electron chi connectivity index (χ3n) is 6.13. The van der Waals surface area contributed by atoms with Gasteiger partial charge < -0.3 is 9.80 Å². The van der Waals surface area contributed by atoms with Gasteiger partial charge in [-0.05, 0) is 37.0 Å². The van der Waals surface area contributed by atoms with Crippen LogP contribution in [0.3, 0.4) is 0 Å². The Hall–Kier alpha value is -2.43. The summed E-state index contributed by atoms with van der Waals surface area (Å²) in [4.78, 5) is 25.2. The van der Waals surface area contributed by atoms with Crippen molar-refractivity contribution in [1.29, 1.82) is 0 Å². The predicted octanol–water partition coefficient (Wildman–Crippen LogP) is 3.04. The number of amides is 1. The molecule has 2 aliphatic heterocycles. The first-order valence-electron chi connectivity index (χ1n) is 9.10. The van der Waals surface area contributed by atoms with Gasteiger partial charge in [0.15, 0.2) is 0 Å². The first-order valence-corrected chi connectivity index (χ1v) is 9.10. The van der Waals surface area contributed by atoms with Crippen molar-refractivity contribution in [2.24, 2.45) is 5.41 Å². The number of hydrogen-bond acceptors (Lipinski definition) is 4. The molecule has 1 saturated heterocycles. The SMILES string of the molecule is CN1C(=O)CCc2cc(-c3cncc(N4CC5(CCC5)C4)n3)ccc21. The van der Waals surface area contributed by atoms with Gasteiger partial charge in [0, 0.05) is 43.2 Å². The van der Waals surface area contributed by atoms with Crippen molar-refractivity contribution in [1.82, 2.24) is 9.97 Å². The minimum Gasteiger partial charge on any atom is -0.354 e. The molecule has 0 N–H and O–H groups in total. The lowest BCUT2D eigenvalue weighted by Crippen LogP contribution is -2.60. The quantitative estimate of drug-likeness (QED) is 0.847. The number of aromatic nitrogens is 2. The van der Waals surface area contributed by atoms with Crippen molar-refractivity contribution in [3.63, 3.8) is 0 Å². The Bertz CT molecular complexity index is 851. The monoisotopic (exact) mass is 334 g/mol. The van der Waals surface area contributed by atoms with Crippen LogP contribution >= 0.6 is 0 Å². The number of rotatable bonds is 2. The van der Waals surface area contributed by atoms with Gasteiger partial charge in [-0.25, -0.2) is 4.98 Å². The van der Waals surface area contributed by atoms with Crippen LogP contribution in [-0.4, -0.2) is 36.0 Å². The first kappa shape index (κ1) is 14.9. The lowest BCUT2D eigenvalue weighted by Gasteiger charge is -2.56. The van der Waals surface area contributed by atoms with Gasteiger partial charge in [0.2, 0.25) is 5.91 Å². The van der Waals surface area contributed by atoms with Crippen LogP contribution < -0.4 is 9.80 Å². The molecule has 1 aromatic carbocycles. The Morgan fingerprint density at radius 1 is 1.12 bits per heavy atom. The number of carbonyl (C=O) groups excluding carboxylic acids is 1. The molecule has 1 saturated carbocycles. The molecule has 0 atom stereocenters. The second kappa shape index (κ2) is 5.28. The summed E-state index contributed by atoms with van der Waals surface area (Å²) in [5.74, 6) is 1.17. The topological polar surface area (TPSA) is 49.3 Å². The third-order valence-corrected chi connectivity index (χ3v) is 6.13. The lowest BCUT2D eigenvalue weighted by atomic mass is 9.63. The third kappa shape index (κ3) is 2.33. The van der Waals surface area contributed by atoms with Gasteiger partial charge in [0.25, 0.3) is 0 Å². The van der Waals surface area contributed by atoms with Gasteiger partial charge in [-0.3, -0.25) is 9.78 Å². The average Bonchev–Trinajstić information content (AvgIpc) is 2.56. The zero-order valence-corrected chi connectivity index (χ0v) is 14.5. The molecule has 3 aliphatic rings. The average molecular weight is 334 g/mol. The molecule has 5 nitrogen and oxygen atoms in total. The van der Waals surface area contributed by atoms with Crippen molar-refractivity contribution in [2.45, 2.75) is 32.1 Å². The molecule has 0 unspecified atom stereocenters. The van der Waals surface area contributed by atoms with Crippen LogP contribution in [-0.2, 0) is 11.2 Å². The normalized spacial score (nSPS) is 20.9. The molecule has 5 heteroatoms. The summed E-state index contributed by atoms with van der Waals surface area (Å²) in [6, 6.07) is 6.24. The van der Waals surface area contributed by atoms with Crippen molar-refractivity contribution < 1.29 is 4.79 Å². The number of carbonyl (C=O) groups is 1. The highest BCUT2D eigenvalue weighted by Gasteiger charge is 2.47. The van der Waals surface area contributed by atoms with E-state index in [1.807, 2.05) is 31.6 Å². The molecule has 0 bridgehead atoms. The fourth-order valence-electron chi connectivity index (χ4n) is 4.38. The minimum absolute atomic E-state index is 0.185. The van der Waals surface area contributed by atoms with Crippen molar-refractivity contribution in [3.8, 4) is 11.3 Å². The summed E-state index contributed by atoms with van der Waals surface area (Å²) in [6.07, 6.45) is 9.21. The number of hydrogen-bond donors (Lipinski definition) is 0. The second-order valence-electron chi connectivity index (χ2n) is 7.77. The zero-order chi connectivity index (χ0) is 17.0. The molecule has 25 heavy (non-hydrogen) atoms. The molecule has 2 fully saturated rings. The highest BCUT2D eigenvalue weighted by Crippen LogP contribution is 2.49. The van der Waals surface area contributed by atoms with Crippen LogP contribution in [0.25, 0.3) is 11.3 Å². The van der Waals surface area contributed by atoms with E-state index in [1.54, 1.807) is 4.90 Å². The molecular formula is C20H22N4O. The maximum atomic E-state index is 11.9. The lowest BCUT2D eigenvalue weighted by molar-refractivity contribution is -0.118. The van der Waals surface area contributed by atoms with Crippen LogP contribution in [0.4, 0.5) is 11.5 Å². The molecule has 1 spiro atoms. The fourth-order valence-corrected chi connectivity index (χ4v) is 4.38. The summed E-state index contributed by atoms with van der Waals surface area (Å²) in [6.45, 7) is 2.25. The standard InChI is InChI=1S/C20H22N4O/c1-23-17-5-3-14(9-15(17)4-6-19(23)25)16-10-21-11-18(22-16)24-12-20(13-24)7-2-8-20/h3,5,9-11H,2,4,6-8,12-13H2,1H3. The van der Waals surface area contributed by atoms with E-state index in [4.69, 9.17) is 4.98 Å². The van der Waals surface area contributed by atoms with E-state index in [0.717, 1.165) is 42.3 Å². The maximum Gasteiger partial charge on any atom is 0.227 e. The number of nitrogens with zero attached hydrogens (tertiary/aromatic N) is 4. The van der Waals surface area contributed by atoms with Gasteiger partial charge in [-0.2, -0.15) is 0 Å². The van der Waals surface area contributed by atoms with E-state index in [-0.39, 0.29) is 5.91 Å². The van der Waals surface area contributed by atoms with Crippen LogP contribution in [0.5, 0.6) is 0 Å². The molecular weight excluding hydrogens is 312 g/mol. The van der Waals surface area contributed by atoms with E-state index in [0.29, 0.717) is 11.8 Å². The molecule has 1 amide bonds. The summed E-state index contributed by atoms with van der Waals surface area (Å²) < 4.78 is 0. The Morgan fingerprint density at radius 2 is 1.96 bits per heavy atom. The van der Waals surface area contributed by atoms with Crippen molar-refractivity contribution in [2.75, 3.05) is 29.9 Å². The molecule has 3 heterocycles. The Morgan fingerprint density at radius 3 is 2.72 bits per heavy atom. The van der Waals surface area contributed by atoms with Gasteiger partial charge in [-0.1, -0.05) is 12.5 Å². The minimum atomic E-state index is 0.185. The smallest absolute Gasteiger partial charge is 0.227 e. The Labute approximate surface area is 147 Å². The Kier molecular flexibility index (Phi) is 3.14. The van der Waals surface area contributed by atoms with Gasteiger partial charge in [-0.15, -0.1) is 0 Å². The summed E-state index contributed by atoms with van der Waals surface area (Å²) in [5.41, 5.74) is 4.80. The van der Waals surface area contributed by atoms with Crippen molar-refractivity contribution >= 4 is 17.4 Å². The van der Waals surface area contributed by atoms with Crippen LogP contribution in [0.15, 0.2) is 30.6 Å². The van der Waals surface area contributed by atoms with Crippen LogP contribution in [0.2, 0.25) is 0 Å². The summed E-state index contributed by atoms with van der Waals surface area (Å²) >= 11 is 0. The summed E-state index contributed by atoms with van der Waals surface area (Å²) in [7, 11) is 1.85. The fraction of sp³-hybridized carbons (Fsp3) is 0.450. The van der Waals surface area contributed by atoms with Gasteiger partial charge in [0.1, 0.15) is 5.82 Å². The number of anilines is 2.